The van der Waals surface area contributed by atoms with Crippen molar-refractivity contribution in [3.05, 3.63) is 28.3 Å². The van der Waals surface area contributed by atoms with E-state index in [4.69, 9.17) is 5.73 Å². The van der Waals surface area contributed by atoms with Gasteiger partial charge in [0.05, 0.1) is 28.6 Å². The first-order valence-electron chi connectivity index (χ1n) is 5.06. The SMILES string of the molecule is CCCn1ncc(Br)c1C(N)c1cn[nH]n1. The van der Waals surface area contributed by atoms with Crippen LogP contribution >= 0.6 is 15.9 Å². The summed E-state index contributed by atoms with van der Waals surface area (Å²) in [5, 5.41) is 14.6. The summed E-state index contributed by atoms with van der Waals surface area (Å²) >= 11 is 3.45. The van der Waals surface area contributed by atoms with Crippen LogP contribution in [0.1, 0.15) is 30.8 Å². The Hall–Kier alpha value is -1.21. The number of nitrogens with one attached hydrogen (secondary N) is 1. The molecule has 2 heterocycles. The van der Waals surface area contributed by atoms with E-state index in [0.717, 1.165) is 23.1 Å². The van der Waals surface area contributed by atoms with Crippen LogP contribution in [0.3, 0.4) is 0 Å². The minimum Gasteiger partial charge on any atom is -0.318 e. The number of H-pyrrole nitrogens is 1. The van der Waals surface area contributed by atoms with Crippen LogP contribution in [-0.4, -0.2) is 25.2 Å². The van der Waals surface area contributed by atoms with Crippen LogP contribution in [0.2, 0.25) is 0 Å². The lowest BCUT2D eigenvalue weighted by Gasteiger charge is -2.12. The number of hydrogen-bond donors (Lipinski definition) is 2. The van der Waals surface area contributed by atoms with Gasteiger partial charge in [-0.2, -0.15) is 20.5 Å². The molecule has 2 aromatic rings. The number of nitrogens with two attached hydrogens (primary N) is 1. The van der Waals surface area contributed by atoms with Gasteiger partial charge in [-0.3, -0.25) is 4.68 Å². The second-order valence-corrected chi connectivity index (χ2v) is 4.33. The first-order valence-corrected chi connectivity index (χ1v) is 5.85. The predicted molar refractivity (Wildman–Crippen MR) is 62.6 cm³/mol. The smallest absolute Gasteiger partial charge is 0.105 e. The summed E-state index contributed by atoms with van der Waals surface area (Å²) in [6.07, 6.45) is 4.39. The van der Waals surface area contributed by atoms with Crippen LogP contribution < -0.4 is 5.73 Å². The molecule has 6 nitrogen and oxygen atoms in total. The average molecular weight is 285 g/mol. The average Bonchev–Trinajstić information content (AvgIpc) is 2.88. The minimum absolute atomic E-state index is 0.317. The molecule has 86 valence electrons. The molecule has 0 spiro atoms. The maximum atomic E-state index is 6.12. The Balaban J connectivity index is 2.35. The Bertz CT molecular complexity index is 449. The van der Waals surface area contributed by atoms with Crippen molar-refractivity contribution in [2.24, 2.45) is 5.73 Å². The molecule has 0 aromatic carbocycles. The van der Waals surface area contributed by atoms with Gasteiger partial charge in [0.15, 0.2) is 0 Å². The number of rotatable bonds is 4. The van der Waals surface area contributed by atoms with Crippen molar-refractivity contribution in [2.75, 3.05) is 0 Å². The number of aryl methyl sites for hydroxylation is 1. The first-order chi connectivity index (χ1) is 7.74. The monoisotopic (exact) mass is 284 g/mol. The fourth-order valence-electron chi connectivity index (χ4n) is 1.57. The molecule has 2 rings (SSSR count). The van der Waals surface area contributed by atoms with E-state index in [-0.39, 0.29) is 6.04 Å². The Morgan fingerprint density at radius 1 is 1.56 bits per heavy atom. The molecule has 3 N–H and O–H groups in total. The summed E-state index contributed by atoms with van der Waals surface area (Å²) in [4.78, 5) is 0. The number of hydrogen-bond acceptors (Lipinski definition) is 4. The van der Waals surface area contributed by atoms with Gasteiger partial charge in [0.25, 0.3) is 0 Å². The second kappa shape index (κ2) is 4.75. The highest BCUT2D eigenvalue weighted by Crippen LogP contribution is 2.25. The lowest BCUT2D eigenvalue weighted by molar-refractivity contribution is 0.555. The van der Waals surface area contributed by atoms with Gasteiger partial charge in [-0.25, -0.2) is 0 Å². The number of nitrogens with zero attached hydrogens (tertiary/aromatic N) is 4. The third kappa shape index (κ3) is 2.00. The molecule has 1 unspecified atom stereocenters. The number of halogens is 1. The quantitative estimate of drug-likeness (QED) is 0.884. The van der Waals surface area contributed by atoms with Crippen molar-refractivity contribution < 1.29 is 0 Å². The summed E-state index contributed by atoms with van der Waals surface area (Å²) < 4.78 is 2.79. The van der Waals surface area contributed by atoms with Crippen molar-refractivity contribution in [3.8, 4) is 0 Å². The third-order valence-corrected chi connectivity index (χ3v) is 2.93. The topological polar surface area (TPSA) is 85.4 Å². The van der Waals surface area contributed by atoms with Gasteiger partial charge in [-0.1, -0.05) is 6.92 Å². The summed E-state index contributed by atoms with van der Waals surface area (Å²) in [5.74, 6) is 0. The molecule has 0 saturated carbocycles. The molecule has 1 atom stereocenters. The van der Waals surface area contributed by atoms with Crippen LogP contribution in [0.4, 0.5) is 0 Å². The zero-order valence-electron chi connectivity index (χ0n) is 8.89. The zero-order valence-corrected chi connectivity index (χ0v) is 10.5. The van der Waals surface area contributed by atoms with Crippen molar-refractivity contribution in [2.45, 2.75) is 25.9 Å². The predicted octanol–water partition coefficient (Wildman–Crippen LogP) is 1.22. The Morgan fingerprint density at radius 3 is 3.00 bits per heavy atom. The van der Waals surface area contributed by atoms with Crippen LogP contribution in [0.15, 0.2) is 16.9 Å². The first kappa shape index (κ1) is 11.3. The molecule has 7 heteroatoms. The van der Waals surface area contributed by atoms with E-state index < -0.39 is 0 Å². The van der Waals surface area contributed by atoms with Gasteiger partial charge >= 0.3 is 0 Å². The van der Waals surface area contributed by atoms with Crippen molar-refractivity contribution in [3.63, 3.8) is 0 Å². The van der Waals surface area contributed by atoms with Crippen molar-refractivity contribution in [1.82, 2.24) is 25.2 Å². The molecule has 2 aromatic heterocycles. The molecule has 0 aliphatic heterocycles. The van der Waals surface area contributed by atoms with Crippen LogP contribution in [-0.2, 0) is 6.54 Å². The molecule has 0 fully saturated rings. The summed E-state index contributed by atoms with van der Waals surface area (Å²) in [6.45, 7) is 2.94. The molecular formula is C9H13BrN6. The van der Waals surface area contributed by atoms with Gasteiger partial charge in [0.2, 0.25) is 0 Å². The van der Waals surface area contributed by atoms with Gasteiger partial charge in [0, 0.05) is 6.54 Å². The van der Waals surface area contributed by atoms with E-state index in [9.17, 15) is 0 Å². The van der Waals surface area contributed by atoms with Gasteiger partial charge in [-0.15, -0.1) is 0 Å². The van der Waals surface area contributed by atoms with E-state index in [0.29, 0.717) is 5.69 Å². The Kier molecular flexibility index (Phi) is 3.35. The standard InChI is InChI=1S/C9H13BrN6/c1-2-3-16-9(6(10)4-13-16)8(11)7-5-12-15-14-7/h4-5,8H,2-3,11H2,1H3,(H,12,14,15). The largest absolute Gasteiger partial charge is 0.318 e. The number of aromatic nitrogens is 5. The van der Waals surface area contributed by atoms with E-state index in [2.05, 4.69) is 43.4 Å². The summed E-state index contributed by atoms with van der Waals surface area (Å²) in [7, 11) is 0. The van der Waals surface area contributed by atoms with Gasteiger partial charge in [0.1, 0.15) is 5.69 Å². The fourth-order valence-corrected chi connectivity index (χ4v) is 2.11. The van der Waals surface area contributed by atoms with E-state index in [1.54, 1.807) is 12.4 Å². The fraction of sp³-hybridized carbons (Fsp3) is 0.444. The molecular weight excluding hydrogens is 272 g/mol. The lowest BCUT2D eigenvalue weighted by atomic mass is 10.1. The highest BCUT2D eigenvalue weighted by atomic mass is 79.9. The van der Waals surface area contributed by atoms with Gasteiger partial charge < -0.3 is 5.73 Å². The highest BCUT2D eigenvalue weighted by Gasteiger charge is 2.19. The van der Waals surface area contributed by atoms with E-state index in [1.165, 1.54) is 0 Å². The third-order valence-electron chi connectivity index (χ3n) is 2.32. The van der Waals surface area contributed by atoms with Crippen LogP contribution in [0.25, 0.3) is 0 Å². The van der Waals surface area contributed by atoms with Gasteiger partial charge in [-0.05, 0) is 22.4 Å². The molecule has 0 bridgehead atoms. The van der Waals surface area contributed by atoms with Crippen LogP contribution in [0.5, 0.6) is 0 Å². The maximum absolute atomic E-state index is 6.12. The molecule has 0 aliphatic carbocycles. The second-order valence-electron chi connectivity index (χ2n) is 3.47. The van der Waals surface area contributed by atoms with E-state index in [1.807, 2.05) is 4.68 Å². The molecule has 0 radical (unpaired) electrons. The van der Waals surface area contributed by atoms with E-state index >= 15 is 0 Å². The molecule has 0 amide bonds. The zero-order chi connectivity index (χ0) is 11.5. The molecule has 0 saturated heterocycles. The molecule has 16 heavy (non-hydrogen) atoms. The Morgan fingerprint density at radius 2 is 2.38 bits per heavy atom. The maximum Gasteiger partial charge on any atom is 0.105 e. The summed E-state index contributed by atoms with van der Waals surface area (Å²) in [6, 6.07) is -0.317. The van der Waals surface area contributed by atoms with Crippen molar-refractivity contribution in [1.29, 1.82) is 0 Å². The number of aromatic amines is 1. The lowest BCUT2D eigenvalue weighted by Crippen LogP contribution is -2.18. The summed E-state index contributed by atoms with van der Waals surface area (Å²) in [5.41, 5.74) is 7.76. The highest BCUT2D eigenvalue weighted by molar-refractivity contribution is 9.10. The normalized spacial score (nSPS) is 12.9. The Labute approximate surface area is 101 Å². The minimum atomic E-state index is -0.317. The van der Waals surface area contributed by atoms with Crippen molar-refractivity contribution >= 4 is 15.9 Å². The molecule has 0 aliphatic rings. The van der Waals surface area contributed by atoms with Crippen LogP contribution in [0, 0.1) is 0 Å².